The Morgan fingerprint density at radius 2 is 1.85 bits per heavy atom. The lowest BCUT2D eigenvalue weighted by molar-refractivity contribution is -0.130. The Labute approximate surface area is 160 Å². The van der Waals surface area contributed by atoms with Crippen molar-refractivity contribution in [3.8, 4) is 9.88 Å². The van der Waals surface area contributed by atoms with Gasteiger partial charge in [-0.05, 0) is 52.0 Å². The van der Waals surface area contributed by atoms with Crippen LogP contribution in [0.3, 0.4) is 0 Å². The third kappa shape index (κ3) is 4.28. The second-order valence-electron chi connectivity index (χ2n) is 6.94. The number of carbonyl (C=O) groups excluding carboxylic acids is 2. The molecule has 0 aliphatic carbocycles. The summed E-state index contributed by atoms with van der Waals surface area (Å²) in [5.74, 6) is -0.812. The van der Waals surface area contributed by atoms with E-state index >= 15 is 0 Å². The maximum absolute atomic E-state index is 12.3. The fourth-order valence-electron chi connectivity index (χ4n) is 2.28. The highest BCUT2D eigenvalue weighted by molar-refractivity contribution is 7.26. The van der Waals surface area contributed by atoms with Gasteiger partial charge in [0, 0.05) is 5.54 Å². The maximum atomic E-state index is 12.3. The zero-order chi connectivity index (χ0) is 18.9. The smallest absolute Gasteiger partial charge is 0.349 e. The predicted molar refractivity (Wildman–Crippen MR) is 106 cm³/mol. The molecule has 7 heteroatoms. The summed E-state index contributed by atoms with van der Waals surface area (Å²) in [4.78, 5) is 30.3. The van der Waals surface area contributed by atoms with E-state index in [9.17, 15) is 9.59 Å². The van der Waals surface area contributed by atoms with Crippen molar-refractivity contribution in [2.45, 2.75) is 39.3 Å². The SMILES string of the molecule is CC(OC(=O)c1ccc(-c2nc3ccccc3s2)s1)C(=O)NC(C)(C)C. The summed E-state index contributed by atoms with van der Waals surface area (Å²) in [5, 5.41) is 3.67. The standard InChI is InChI=1S/C19H20N2O3S2/c1-11(16(22)21-19(2,3)4)24-18(23)15-10-9-14(25-15)17-20-12-7-5-6-8-13(12)26-17/h5-11H,1-4H3,(H,21,22). The normalized spacial score (nSPS) is 12.8. The molecule has 1 amide bonds. The molecule has 2 aromatic heterocycles. The molecule has 0 radical (unpaired) electrons. The van der Waals surface area contributed by atoms with E-state index in [1.54, 1.807) is 24.3 Å². The summed E-state index contributed by atoms with van der Waals surface area (Å²) < 4.78 is 6.40. The number of carbonyl (C=O) groups is 2. The molecular weight excluding hydrogens is 368 g/mol. The van der Waals surface area contributed by atoms with Crippen LogP contribution in [0.1, 0.15) is 37.4 Å². The molecule has 1 atom stereocenters. The number of aromatic nitrogens is 1. The molecule has 0 fully saturated rings. The molecule has 136 valence electrons. The van der Waals surface area contributed by atoms with Crippen molar-refractivity contribution in [1.82, 2.24) is 10.3 Å². The molecule has 0 bridgehead atoms. The second-order valence-corrected chi connectivity index (χ2v) is 9.05. The number of esters is 1. The third-order valence-corrected chi connectivity index (χ3v) is 5.73. The Balaban J connectivity index is 1.71. The number of rotatable bonds is 4. The van der Waals surface area contributed by atoms with Crippen LogP contribution in [0, 0.1) is 0 Å². The monoisotopic (exact) mass is 388 g/mol. The van der Waals surface area contributed by atoms with Gasteiger partial charge in [0.25, 0.3) is 5.91 Å². The fraction of sp³-hybridized carbons (Fsp3) is 0.316. The van der Waals surface area contributed by atoms with Gasteiger partial charge in [0.15, 0.2) is 6.10 Å². The van der Waals surface area contributed by atoms with E-state index < -0.39 is 12.1 Å². The zero-order valence-electron chi connectivity index (χ0n) is 15.0. The molecule has 0 aliphatic heterocycles. The topological polar surface area (TPSA) is 68.3 Å². The molecule has 1 aromatic carbocycles. The minimum absolute atomic E-state index is 0.311. The Morgan fingerprint density at radius 1 is 1.12 bits per heavy atom. The van der Waals surface area contributed by atoms with Crippen LogP contribution in [0.25, 0.3) is 20.1 Å². The lowest BCUT2D eigenvalue weighted by Gasteiger charge is -2.23. The molecule has 3 rings (SSSR count). The van der Waals surface area contributed by atoms with Crippen molar-refractivity contribution in [3.05, 3.63) is 41.3 Å². The Hall–Kier alpha value is -2.25. The molecule has 0 aliphatic rings. The summed E-state index contributed by atoms with van der Waals surface area (Å²) in [6, 6.07) is 11.5. The largest absolute Gasteiger partial charge is 0.448 e. The lowest BCUT2D eigenvalue weighted by atomic mass is 10.1. The third-order valence-electron chi connectivity index (χ3n) is 3.46. The second kappa shape index (κ2) is 7.17. The van der Waals surface area contributed by atoms with Gasteiger partial charge in [0.1, 0.15) is 9.88 Å². The number of hydrogen-bond acceptors (Lipinski definition) is 6. The Bertz CT molecular complexity index is 920. The highest BCUT2D eigenvalue weighted by Crippen LogP contribution is 2.34. The predicted octanol–water partition coefficient (Wildman–Crippen LogP) is 4.48. The fourth-order valence-corrected chi connectivity index (χ4v) is 4.19. The van der Waals surface area contributed by atoms with Crippen molar-refractivity contribution in [2.24, 2.45) is 0 Å². The van der Waals surface area contributed by atoms with Crippen molar-refractivity contribution >= 4 is 44.8 Å². The maximum Gasteiger partial charge on any atom is 0.349 e. The lowest BCUT2D eigenvalue weighted by Crippen LogP contribution is -2.46. The van der Waals surface area contributed by atoms with Gasteiger partial charge in [0.2, 0.25) is 0 Å². The molecule has 1 unspecified atom stereocenters. The van der Waals surface area contributed by atoms with Crippen LogP contribution in [0.5, 0.6) is 0 Å². The first-order valence-electron chi connectivity index (χ1n) is 8.22. The van der Waals surface area contributed by atoms with E-state index in [4.69, 9.17) is 4.74 Å². The molecule has 2 heterocycles. The number of para-hydroxylation sites is 1. The van der Waals surface area contributed by atoms with Gasteiger partial charge in [-0.25, -0.2) is 9.78 Å². The summed E-state index contributed by atoms with van der Waals surface area (Å²) >= 11 is 2.90. The molecule has 5 nitrogen and oxygen atoms in total. The van der Waals surface area contributed by atoms with E-state index in [0.717, 1.165) is 20.1 Å². The summed E-state index contributed by atoms with van der Waals surface area (Å²) in [5.41, 5.74) is 0.568. The van der Waals surface area contributed by atoms with Gasteiger partial charge < -0.3 is 10.1 Å². The molecular formula is C19H20N2O3S2. The first-order chi connectivity index (χ1) is 12.2. The number of fused-ring (bicyclic) bond motifs is 1. The van der Waals surface area contributed by atoms with Gasteiger partial charge in [-0.3, -0.25) is 4.79 Å². The highest BCUT2D eigenvalue weighted by atomic mass is 32.1. The summed E-state index contributed by atoms with van der Waals surface area (Å²) in [6.07, 6.45) is -0.852. The van der Waals surface area contributed by atoms with Crippen LogP contribution >= 0.6 is 22.7 Å². The van der Waals surface area contributed by atoms with E-state index in [1.807, 2.05) is 51.1 Å². The number of benzene rings is 1. The number of ether oxygens (including phenoxy) is 1. The van der Waals surface area contributed by atoms with E-state index in [0.29, 0.717) is 4.88 Å². The van der Waals surface area contributed by atoms with Crippen molar-refractivity contribution in [1.29, 1.82) is 0 Å². The van der Waals surface area contributed by atoms with Crippen LogP contribution in [0.15, 0.2) is 36.4 Å². The summed E-state index contributed by atoms with van der Waals surface area (Å²) in [7, 11) is 0. The molecule has 3 aromatic rings. The minimum atomic E-state index is -0.852. The first-order valence-corrected chi connectivity index (χ1v) is 9.85. The molecule has 0 saturated heterocycles. The highest BCUT2D eigenvalue weighted by Gasteiger charge is 2.24. The zero-order valence-corrected chi connectivity index (χ0v) is 16.7. The first kappa shape index (κ1) is 18.5. The van der Waals surface area contributed by atoms with Crippen LogP contribution < -0.4 is 5.32 Å². The average Bonchev–Trinajstić information content (AvgIpc) is 3.19. The number of nitrogens with zero attached hydrogens (tertiary/aromatic N) is 1. The number of thiazole rings is 1. The number of amides is 1. The van der Waals surface area contributed by atoms with Crippen LogP contribution in [0.2, 0.25) is 0 Å². The van der Waals surface area contributed by atoms with E-state index in [1.165, 1.54) is 11.3 Å². The average molecular weight is 389 g/mol. The van der Waals surface area contributed by atoms with Crippen molar-refractivity contribution < 1.29 is 14.3 Å². The quantitative estimate of drug-likeness (QED) is 0.669. The van der Waals surface area contributed by atoms with Gasteiger partial charge in [-0.1, -0.05) is 12.1 Å². The molecule has 1 N–H and O–H groups in total. The summed E-state index contributed by atoms with van der Waals surface area (Å²) in [6.45, 7) is 7.20. The van der Waals surface area contributed by atoms with Gasteiger partial charge in [-0.2, -0.15) is 0 Å². The van der Waals surface area contributed by atoms with Gasteiger partial charge in [0.05, 0.1) is 15.1 Å². The van der Waals surface area contributed by atoms with Crippen molar-refractivity contribution in [3.63, 3.8) is 0 Å². The van der Waals surface area contributed by atoms with Crippen LogP contribution in [-0.4, -0.2) is 28.5 Å². The minimum Gasteiger partial charge on any atom is -0.448 e. The Morgan fingerprint density at radius 3 is 2.54 bits per heavy atom. The van der Waals surface area contributed by atoms with Crippen molar-refractivity contribution in [2.75, 3.05) is 0 Å². The number of nitrogens with one attached hydrogen (secondary N) is 1. The Kier molecular flexibility index (Phi) is 5.11. The number of thiophene rings is 1. The van der Waals surface area contributed by atoms with E-state index in [-0.39, 0.29) is 11.4 Å². The molecule has 0 spiro atoms. The van der Waals surface area contributed by atoms with Crippen LogP contribution in [-0.2, 0) is 9.53 Å². The van der Waals surface area contributed by atoms with Gasteiger partial charge >= 0.3 is 5.97 Å². The van der Waals surface area contributed by atoms with Crippen LogP contribution in [0.4, 0.5) is 0 Å². The molecule has 0 saturated carbocycles. The number of hydrogen-bond donors (Lipinski definition) is 1. The molecule has 26 heavy (non-hydrogen) atoms. The van der Waals surface area contributed by atoms with E-state index in [2.05, 4.69) is 10.3 Å². The van der Waals surface area contributed by atoms with Gasteiger partial charge in [-0.15, -0.1) is 22.7 Å².